The Balaban J connectivity index is 1.35. The number of nitrogens with zero attached hydrogens (tertiary/aromatic N) is 3. The highest BCUT2D eigenvalue weighted by atomic mass is 19.1. The summed E-state index contributed by atoms with van der Waals surface area (Å²) in [5.74, 6) is 0.385. The number of carbonyl (C=O) groups excluding carboxylic acids is 1. The number of halogens is 1. The first-order chi connectivity index (χ1) is 15.1. The lowest BCUT2D eigenvalue weighted by atomic mass is 10.1. The van der Waals surface area contributed by atoms with Gasteiger partial charge in [-0.25, -0.2) is 4.39 Å². The molecular weight excluding hydrogens is 393 g/mol. The molecule has 0 atom stereocenters. The summed E-state index contributed by atoms with van der Waals surface area (Å²) in [5.41, 5.74) is 2.50. The molecule has 0 aliphatic rings. The van der Waals surface area contributed by atoms with Crippen molar-refractivity contribution in [2.24, 2.45) is 0 Å². The van der Waals surface area contributed by atoms with Gasteiger partial charge in [-0.3, -0.25) is 9.48 Å². The Morgan fingerprint density at radius 2 is 1.84 bits per heavy atom. The van der Waals surface area contributed by atoms with E-state index in [2.05, 4.69) is 5.10 Å². The zero-order chi connectivity index (χ0) is 21.6. The number of hydrogen-bond donors (Lipinski definition) is 0. The van der Waals surface area contributed by atoms with Crippen molar-refractivity contribution < 1.29 is 13.6 Å². The van der Waals surface area contributed by atoms with Crippen LogP contribution in [0.3, 0.4) is 0 Å². The van der Waals surface area contributed by atoms with E-state index in [0.29, 0.717) is 30.2 Å². The summed E-state index contributed by atoms with van der Waals surface area (Å²) >= 11 is 0. The maximum absolute atomic E-state index is 13.9. The third-order valence-electron chi connectivity index (χ3n) is 4.83. The van der Waals surface area contributed by atoms with Crippen molar-refractivity contribution in [3.05, 3.63) is 108 Å². The molecule has 0 saturated heterocycles. The molecule has 6 heteroatoms. The molecule has 0 aliphatic heterocycles. The third-order valence-corrected chi connectivity index (χ3v) is 4.83. The molecule has 0 saturated carbocycles. The van der Waals surface area contributed by atoms with Crippen LogP contribution in [0.4, 0.5) is 4.39 Å². The highest BCUT2D eigenvalue weighted by Gasteiger charge is 2.10. The molecule has 0 aliphatic carbocycles. The van der Waals surface area contributed by atoms with Crippen LogP contribution in [0, 0.1) is 5.82 Å². The SMILES string of the molecule is CN(Cc1cnn(Cc2ccccc2)c1)C(=O)C=Cc1ccc(-c2ccccc2F)o1. The Morgan fingerprint density at radius 1 is 1.06 bits per heavy atom. The van der Waals surface area contributed by atoms with E-state index < -0.39 is 0 Å². The molecule has 0 bridgehead atoms. The normalized spacial score (nSPS) is 11.2. The molecule has 0 spiro atoms. The van der Waals surface area contributed by atoms with Crippen LogP contribution in [0.25, 0.3) is 17.4 Å². The molecule has 1 amide bonds. The minimum Gasteiger partial charge on any atom is -0.457 e. The molecule has 0 radical (unpaired) electrons. The molecular formula is C25H22FN3O2. The van der Waals surface area contributed by atoms with Crippen molar-refractivity contribution in [2.75, 3.05) is 7.05 Å². The van der Waals surface area contributed by atoms with Crippen molar-refractivity contribution in [3.8, 4) is 11.3 Å². The second-order valence-electron chi connectivity index (χ2n) is 7.24. The summed E-state index contributed by atoms with van der Waals surface area (Å²) in [6, 6.07) is 19.9. The maximum atomic E-state index is 13.9. The third kappa shape index (κ3) is 5.17. The fourth-order valence-corrected chi connectivity index (χ4v) is 3.23. The molecule has 4 aromatic rings. The van der Waals surface area contributed by atoms with Crippen LogP contribution < -0.4 is 0 Å². The Morgan fingerprint density at radius 3 is 2.65 bits per heavy atom. The fourth-order valence-electron chi connectivity index (χ4n) is 3.23. The van der Waals surface area contributed by atoms with E-state index in [1.165, 1.54) is 12.1 Å². The summed E-state index contributed by atoms with van der Waals surface area (Å²) in [4.78, 5) is 14.1. The lowest BCUT2D eigenvalue weighted by Crippen LogP contribution is -2.23. The van der Waals surface area contributed by atoms with Gasteiger partial charge >= 0.3 is 0 Å². The van der Waals surface area contributed by atoms with E-state index in [4.69, 9.17) is 4.42 Å². The number of rotatable bonds is 7. The van der Waals surface area contributed by atoms with Gasteiger partial charge in [-0.2, -0.15) is 5.10 Å². The van der Waals surface area contributed by atoms with Gasteiger partial charge in [0.05, 0.1) is 18.3 Å². The lowest BCUT2D eigenvalue weighted by molar-refractivity contribution is -0.125. The molecule has 2 aromatic carbocycles. The number of hydrogen-bond acceptors (Lipinski definition) is 3. The summed E-state index contributed by atoms with van der Waals surface area (Å²) in [5, 5.41) is 4.37. The smallest absolute Gasteiger partial charge is 0.246 e. The Bertz CT molecular complexity index is 1190. The first-order valence-corrected chi connectivity index (χ1v) is 9.91. The minimum atomic E-state index is -0.351. The summed E-state index contributed by atoms with van der Waals surface area (Å²) < 4.78 is 21.4. The summed E-state index contributed by atoms with van der Waals surface area (Å²) in [6.45, 7) is 1.12. The maximum Gasteiger partial charge on any atom is 0.246 e. The molecule has 31 heavy (non-hydrogen) atoms. The van der Waals surface area contributed by atoms with Gasteiger partial charge in [0, 0.05) is 31.4 Å². The van der Waals surface area contributed by atoms with E-state index in [-0.39, 0.29) is 11.7 Å². The van der Waals surface area contributed by atoms with E-state index in [1.807, 2.05) is 41.2 Å². The fraction of sp³-hybridized carbons (Fsp3) is 0.120. The van der Waals surface area contributed by atoms with Crippen LogP contribution in [0.2, 0.25) is 0 Å². The molecule has 2 heterocycles. The van der Waals surface area contributed by atoms with Crippen molar-refractivity contribution in [2.45, 2.75) is 13.1 Å². The first kappa shape index (κ1) is 20.3. The molecule has 5 nitrogen and oxygen atoms in total. The predicted molar refractivity (Wildman–Crippen MR) is 117 cm³/mol. The van der Waals surface area contributed by atoms with Gasteiger partial charge in [0.25, 0.3) is 0 Å². The van der Waals surface area contributed by atoms with Gasteiger partial charge in [0.1, 0.15) is 17.3 Å². The number of likely N-dealkylation sites (N-methyl/N-ethyl adjacent to an activating group) is 1. The van der Waals surface area contributed by atoms with Crippen molar-refractivity contribution in [1.29, 1.82) is 0 Å². The highest BCUT2D eigenvalue weighted by molar-refractivity contribution is 5.91. The zero-order valence-electron chi connectivity index (χ0n) is 17.1. The standard InChI is InChI=1S/C25H22FN3O2/c1-28(16-20-15-27-29(18-20)17-19-7-3-2-4-8-19)25(30)14-12-21-11-13-24(31-21)22-9-5-6-10-23(22)26/h2-15,18H,16-17H2,1H3. The van der Waals surface area contributed by atoms with Crippen LogP contribution in [0.15, 0.2) is 89.6 Å². The van der Waals surface area contributed by atoms with E-state index in [0.717, 1.165) is 11.1 Å². The quantitative estimate of drug-likeness (QED) is 0.399. The summed E-state index contributed by atoms with van der Waals surface area (Å²) in [6.07, 6.45) is 6.73. The van der Waals surface area contributed by atoms with Crippen molar-refractivity contribution in [1.82, 2.24) is 14.7 Å². The van der Waals surface area contributed by atoms with E-state index >= 15 is 0 Å². The molecule has 2 aromatic heterocycles. The second-order valence-corrected chi connectivity index (χ2v) is 7.24. The van der Waals surface area contributed by atoms with E-state index in [9.17, 15) is 9.18 Å². The number of carbonyl (C=O) groups is 1. The zero-order valence-corrected chi connectivity index (χ0v) is 17.1. The first-order valence-electron chi connectivity index (χ1n) is 9.91. The molecule has 0 N–H and O–H groups in total. The molecule has 0 unspecified atom stereocenters. The van der Waals surface area contributed by atoms with Gasteiger partial charge in [0.15, 0.2) is 0 Å². The van der Waals surface area contributed by atoms with Crippen molar-refractivity contribution in [3.63, 3.8) is 0 Å². The Hall–Kier alpha value is -3.93. The van der Waals surface area contributed by atoms with Crippen LogP contribution >= 0.6 is 0 Å². The van der Waals surface area contributed by atoms with Gasteiger partial charge in [-0.1, -0.05) is 42.5 Å². The largest absolute Gasteiger partial charge is 0.457 e. The second kappa shape index (κ2) is 9.26. The van der Waals surface area contributed by atoms with Gasteiger partial charge < -0.3 is 9.32 Å². The van der Waals surface area contributed by atoms with Crippen LogP contribution in [-0.4, -0.2) is 27.6 Å². The van der Waals surface area contributed by atoms with Gasteiger partial charge in [-0.15, -0.1) is 0 Å². The average Bonchev–Trinajstić information content (AvgIpc) is 3.42. The van der Waals surface area contributed by atoms with Crippen molar-refractivity contribution >= 4 is 12.0 Å². The Labute approximate surface area is 180 Å². The Kier molecular flexibility index (Phi) is 6.08. The number of amides is 1. The number of furan rings is 1. The summed E-state index contributed by atoms with van der Waals surface area (Å²) in [7, 11) is 1.73. The highest BCUT2D eigenvalue weighted by Crippen LogP contribution is 2.25. The molecule has 156 valence electrons. The van der Waals surface area contributed by atoms with Crippen LogP contribution in [0.5, 0.6) is 0 Å². The van der Waals surface area contributed by atoms with Gasteiger partial charge in [-0.05, 0) is 35.9 Å². The molecule has 0 fully saturated rings. The topological polar surface area (TPSA) is 51.3 Å². The lowest BCUT2D eigenvalue weighted by Gasteiger charge is -2.13. The van der Waals surface area contributed by atoms with Crippen LogP contribution in [0.1, 0.15) is 16.9 Å². The molecule has 4 rings (SSSR count). The van der Waals surface area contributed by atoms with Gasteiger partial charge in [0.2, 0.25) is 5.91 Å². The van der Waals surface area contributed by atoms with Crippen LogP contribution in [-0.2, 0) is 17.9 Å². The monoisotopic (exact) mass is 415 g/mol. The minimum absolute atomic E-state index is 0.167. The number of benzene rings is 2. The average molecular weight is 415 g/mol. The predicted octanol–water partition coefficient (Wildman–Crippen LogP) is 5.00. The number of aromatic nitrogens is 2. The van der Waals surface area contributed by atoms with E-state index in [1.54, 1.807) is 54.6 Å².